The normalized spacial score (nSPS) is 9.93. The summed E-state index contributed by atoms with van der Waals surface area (Å²) in [6, 6.07) is 5.37. The van der Waals surface area contributed by atoms with E-state index >= 15 is 0 Å². The van der Waals surface area contributed by atoms with E-state index in [1.165, 1.54) is 11.3 Å². The van der Waals surface area contributed by atoms with Crippen LogP contribution in [0.25, 0.3) is 10.1 Å². The number of rotatable bonds is 1. The number of anilines is 1. The number of carbonyl (C=O) groups excluding carboxylic acids is 1. The Morgan fingerprint density at radius 3 is 2.93 bits per heavy atom. The molecule has 68 valence electrons. The minimum Gasteiger partial charge on any atom is -0.398 e. The molecule has 1 aromatic heterocycles. The molecular weight excluding hydrogens is 196 g/mol. The first-order valence-electron chi connectivity index (χ1n) is 3.93. The van der Waals surface area contributed by atoms with Crippen LogP contribution < -0.4 is 5.73 Å². The van der Waals surface area contributed by atoms with E-state index in [1.807, 2.05) is 0 Å². The van der Waals surface area contributed by atoms with Gasteiger partial charge in [0, 0.05) is 22.0 Å². The summed E-state index contributed by atoms with van der Waals surface area (Å²) in [6.07, 6.45) is 0.749. The first kappa shape index (κ1) is 8.73. The summed E-state index contributed by atoms with van der Waals surface area (Å²) in [6.45, 7) is 0. The van der Waals surface area contributed by atoms with Crippen molar-refractivity contribution in [3.63, 3.8) is 0 Å². The van der Waals surface area contributed by atoms with Crippen molar-refractivity contribution in [2.45, 2.75) is 0 Å². The fourth-order valence-electron chi connectivity index (χ4n) is 1.37. The molecular formula is C10H6N2OS. The van der Waals surface area contributed by atoms with Gasteiger partial charge in [0.1, 0.15) is 0 Å². The van der Waals surface area contributed by atoms with Crippen LogP contribution in [0.3, 0.4) is 0 Å². The Balaban J connectivity index is 2.97. The Morgan fingerprint density at radius 1 is 1.50 bits per heavy atom. The maximum absolute atomic E-state index is 10.7. The minimum absolute atomic E-state index is 0.498. The van der Waals surface area contributed by atoms with E-state index in [-0.39, 0.29) is 0 Å². The van der Waals surface area contributed by atoms with Crippen molar-refractivity contribution in [3.05, 3.63) is 28.6 Å². The van der Waals surface area contributed by atoms with Gasteiger partial charge in [0.25, 0.3) is 0 Å². The number of benzene rings is 1. The van der Waals surface area contributed by atoms with Crippen molar-refractivity contribution in [2.24, 2.45) is 0 Å². The van der Waals surface area contributed by atoms with Crippen LogP contribution in [0, 0.1) is 11.3 Å². The molecule has 1 heterocycles. The quantitative estimate of drug-likeness (QED) is 0.569. The Bertz CT molecular complexity index is 551. The molecule has 2 rings (SSSR count). The maximum atomic E-state index is 10.7. The van der Waals surface area contributed by atoms with Crippen LogP contribution in [-0.4, -0.2) is 6.29 Å². The SMILES string of the molecule is N#Cc1ccc(N)c2scc(C=O)c12. The molecule has 2 aromatic rings. The number of hydrogen-bond donors (Lipinski definition) is 1. The lowest BCUT2D eigenvalue weighted by atomic mass is 10.1. The lowest BCUT2D eigenvalue weighted by Crippen LogP contribution is -1.87. The zero-order valence-electron chi connectivity index (χ0n) is 7.15. The standard InChI is InChI=1S/C10H6N2OS/c11-3-6-1-2-8(12)10-9(6)7(4-13)5-14-10/h1-2,4-5H,12H2. The average Bonchev–Trinajstić information content (AvgIpc) is 2.63. The summed E-state index contributed by atoms with van der Waals surface area (Å²) in [7, 11) is 0. The molecule has 0 radical (unpaired) electrons. The zero-order chi connectivity index (χ0) is 10.1. The number of nitriles is 1. The second-order valence-corrected chi connectivity index (χ2v) is 3.71. The molecule has 0 aliphatic rings. The largest absolute Gasteiger partial charge is 0.398 e. The van der Waals surface area contributed by atoms with Gasteiger partial charge < -0.3 is 5.73 Å². The van der Waals surface area contributed by atoms with E-state index in [2.05, 4.69) is 6.07 Å². The molecule has 0 unspecified atom stereocenters. The predicted octanol–water partition coefficient (Wildman–Crippen LogP) is 2.17. The van der Waals surface area contributed by atoms with Crippen molar-refractivity contribution in [1.82, 2.24) is 0 Å². The van der Waals surface area contributed by atoms with E-state index < -0.39 is 0 Å². The minimum atomic E-state index is 0.498. The first-order chi connectivity index (χ1) is 6.77. The van der Waals surface area contributed by atoms with Crippen LogP contribution in [0.4, 0.5) is 5.69 Å². The number of hydrogen-bond acceptors (Lipinski definition) is 4. The van der Waals surface area contributed by atoms with E-state index in [9.17, 15) is 4.79 Å². The lowest BCUT2D eigenvalue weighted by Gasteiger charge is -1.97. The molecule has 0 aliphatic heterocycles. The highest BCUT2D eigenvalue weighted by Gasteiger charge is 2.10. The Kier molecular flexibility index (Phi) is 1.95. The van der Waals surface area contributed by atoms with E-state index in [0.29, 0.717) is 22.2 Å². The summed E-state index contributed by atoms with van der Waals surface area (Å²) < 4.78 is 0.811. The van der Waals surface area contributed by atoms with Crippen molar-refractivity contribution in [1.29, 1.82) is 5.26 Å². The highest BCUT2D eigenvalue weighted by Crippen LogP contribution is 2.32. The molecule has 0 aliphatic carbocycles. The second-order valence-electron chi connectivity index (χ2n) is 2.83. The fraction of sp³-hybridized carbons (Fsp3) is 0. The van der Waals surface area contributed by atoms with Crippen LogP contribution in [0.5, 0.6) is 0 Å². The van der Waals surface area contributed by atoms with E-state index in [4.69, 9.17) is 11.0 Å². The number of thiophene rings is 1. The van der Waals surface area contributed by atoms with E-state index in [0.717, 1.165) is 11.0 Å². The van der Waals surface area contributed by atoms with Gasteiger partial charge in [-0.05, 0) is 12.1 Å². The van der Waals surface area contributed by atoms with Crippen LogP contribution >= 0.6 is 11.3 Å². The molecule has 0 saturated heterocycles. The molecule has 0 bridgehead atoms. The summed E-state index contributed by atoms with van der Waals surface area (Å²) in [5.74, 6) is 0. The summed E-state index contributed by atoms with van der Waals surface area (Å²) >= 11 is 1.39. The number of nitrogens with two attached hydrogens (primary N) is 1. The van der Waals surface area contributed by atoms with Gasteiger partial charge in [0.2, 0.25) is 0 Å². The van der Waals surface area contributed by atoms with Gasteiger partial charge >= 0.3 is 0 Å². The highest BCUT2D eigenvalue weighted by atomic mass is 32.1. The molecule has 0 fully saturated rings. The van der Waals surface area contributed by atoms with Crippen LogP contribution in [-0.2, 0) is 0 Å². The van der Waals surface area contributed by atoms with Crippen molar-refractivity contribution in [2.75, 3.05) is 5.73 Å². The molecule has 0 atom stereocenters. The van der Waals surface area contributed by atoms with E-state index in [1.54, 1.807) is 17.5 Å². The monoisotopic (exact) mass is 202 g/mol. The third kappa shape index (κ3) is 1.07. The molecule has 2 N–H and O–H groups in total. The van der Waals surface area contributed by atoms with Crippen molar-refractivity contribution < 1.29 is 4.79 Å². The number of aldehydes is 1. The fourth-order valence-corrected chi connectivity index (χ4v) is 2.34. The molecule has 0 amide bonds. The van der Waals surface area contributed by atoms with Crippen LogP contribution in [0.15, 0.2) is 17.5 Å². The van der Waals surface area contributed by atoms with Gasteiger partial charge in [0.05, 0.1) is 16.3 Å². The molecule has 0 spiro atoms. The molecule has 1 aromatic carbocycles. The zero-order valence-corrected chi connectivity index (χ0v) is 7.97. The second kappa shape index (κ2) is 3.13. The van der Waals surface area contributed by atoms with Crippen LogP contribution in [0.2, 0.25) is 0 Å². The predicted molar refractivity (Wildman–Crippen MR) is 56.3 cm³/mol. The average molecular weight is 202 g/mol. The summed E-state index contributed by atoms with van der Waals surface area (Å²) in [5, 5.41) is 11.3. The van der Waals surface area contributed by atoms with Gasteiger partial charge in [-0.15, -0.1) is 11.3 Å². The Labute approximate surface area is 84.4 Å². The van der Waals surface area contributed by atoms with Crippen molar-refractivity contribution in [3.8, 4) is 6.07 Å². The molecule has 14 heavy (non-hydrogen) atoms. The van der Waals surface area contributed by atoms with Gasteiger partial charge in [-0.1, -0.05) is 0 Å². The topological polar surface area (TPSA) is 66.9 Å². The van der Waals surface area contributed by atoms with Gasteiger partial charge in [-0.2, -0.15) is 5.26 Å². The number of carbonyl (C=O) groups is 1. The number of fused-ring (bicyclic) bond motifs is 1. The van der Waals surface area contributed by atoms with Gasteiger partial charge in [0.15, 0.2) is 6.29 Å². The maximum Gasteiger partial charge on any atom is 0.151 e. The van der Waals surface area contributed by atoms with Gasteiger partial charge in [-0.25, -0.2) is 0 Å². The Morgan fingerprint density at radius 2 is 2.29 bits per heavy atom. The Hall–Kier alpha value is -1.86. The summed E-state index contributed by atoms with van der Waals surface area (Å²) in [4.78, 5) is 10.7. The number of nitrogen functional groups attached to an aromatic ring is 1. The third-order valence-corrected chi connectivity index (χ3v) is 3.08. The van der Waals surface area contributed by atoms with Gasteiger partial charge in [-0.3, -0.25) is 4.79 Å². The third-order valence-electron chi connectivity index (χ3n) is 2.03. The van der Waals surface area contributed by atoms with Crippen LogP contribution in [0.1, 0.15) is 15.9 Å². The molecule has 4 heteroatoms. The molecule has 3 nitrogen and oxygen atoms in total. The summed E-state index contributed by atoms with van der Waals surface area (Å²) in [5.41, 5.74) is 7.38. The smallest absolute Gasteiger partial charge is 0.151 e. The van der Waals surface area contributed by atoms with Crippen molar-refractivity contribution >= 4 is 33.4 Å². The lowest BCUT2D eigenvalue weighted by molar-refractivity contribution is 0.112. The number of nitrogens with zero attached hydrogens (tertiary/aromatic N) is 1. The first-order valence-corrected chi connectivity index (χ1v) is 4.81. The highest BCUT2D eigenvalue weighted by molar-refractivity contribution is 7.18. The molecule has 0 saturated carbocycles.